The van der Waals surface area contributed by atoms with Gasteiger partial charge in [0.2, 0.25) is 0 Å². The maximum Gasteiger partial charge on any atom is 0.260 e. The van der Waals surface area contributed by atoms with Crippen molar-refractivity contribution in [2.75, 3.05) is 13.1 Å². The van der Waals surface area contributed by atoms with Gasteiger partial charge in [0.1, 0.15) is 5.56 Å². The molecule has 6 heteroatoms. The molecule has 0 saturated carbocycles. The summed E-state index contributed by atoms with van der Waals surface area (Å²) >= 11 is 0. The first kappa shape index (κ1) is 13.3. The van der Waals surface area contributed by atoms with E-state index < -0.39 is 0 Å². The van der Waals surface area contributed by atoms with Crippen LogP contribution in [0.15, 0.2) is 29.3 Å². The second kappa shape index (κ2) is 4.83. The minimum absolute atomic E-state index is 0.0126. The maximum absolute atomic E-state index is 12.7. The van der Waals surface area contributed by atoms with E-state index in [9.17, 15) is 9.59 Å². The largest absolute Gasteiger partial charge is 0.338 e. The summed E-state index contributed by atoms with van der Waals surface area (Å²) in [6.07, 6.45) is 7.52. The van der Waals surface area contributed by atoms with Crippen molar-refractivity contribution in [1.29, 1.82) is 0 Å². The molecule has 2 N–H and O–H groups in total. The standard InChI is InChI=1S/C16H18N4O2/c21-14-12(3-1-7-17-14)15(22)20-8-2-5-16(10-20)6-4-11-9-18-19-13(11)16/h1,3,7,9H,2,4-6,8,10H2,(H,17,21)(H,18,19). The minimum Gasteiger partial charge on any atom is -0.338 e. The normalized spacial score (nSPS) is 23.7. The Labute approximate surface area is 127 Å². The van der Waals surface area contributed by atoms with E-state index in [2.05, 4.69) is 15.2 Å². The Hall–Kier alpha value is -2.37. The predicted molar refractivity (Wildman–Crippen MR) is 80.8 cm³/mol. The number of hydrogen-bond acceptors (Lipinski definition) is 3. The van der Waals surface area contributed by atoms with E-state index in [0.29, 0.717) is 13.1 Å². The maximum atomic E-state index is 12.7. The lowest BCUT2D eigenvalue weighted by molar-refractivity contribution is 0.0631. The quantitative estimate of drug-likeness (QED) is 0.830. The van der Waals surface area contributed by atoms with Crippen LogP contribution < -0.4 is 5.56 Å². The molecule has 2 aliphatic rings. The number of likely N-dealkylation sites (tertiary alicyclic amines) is 1. The summed E-state index contributed by atoms with van der Waals surface area (Å²) in [5, 5.41) is 7.29. The number of H-pyrrole nitrogens is 2. The van der Waals surface area contributed by atoms with Gasteiger partial charge in [-0.1, -0.05) is 0 Å². The Balaban J connectivity index is 1.64. The zero-order valence-corrected chi connectivity index (χ0v) is 12.3. The Morgan fingerprint density at radius 1 is 1.36 bits per heavy atom. The van der Waals surface area contributed by atoms with E-state index in [1.807, 2.05) is 11.1 Å². The molecule has 3 heterocycles. The average Bonchev–Trinajstić information content (AvgIpc) is 3.13. The van der Waals surface area contributed by atoms with Crippen molar-refractivity contribution in [3.05, 3.63) is 51.7 Å². The number of aryl methyl sites for hydroxylation is 1. The van der Waals surface area contributed by atoms with Crippen LogP contribution in [-0.4, -0.2) is 39.1 Å². The summed E-state index contributed by atoms with van der Waals surface area (Å²) in [5.41, 5.74) is 2.35. The number of piperidine rings is 1. The van der Waals surface area contributed by atoms with Gasteiger partial charge < -0.3 is 9.88 Å². The number of hydrogen-bond donors (Lipinski definition) is 2. The highest BCUT2D eigenvalue weighted by Crippen LogP contribution is 2.43. The molecule has 1 amide bonds. The first-order chi connectivity index (χ1) is 10.7. The Kier molecular flexibility index (Phi) is 2.92. The summed E-state index contributed by atoms with van der Waals surface area (Å²) in [5.74, 6) is -0.172. The lowest BCUT2D eigenvalue weighted by atomic mass is 9.77. The molecular formula is C16H18N4O2. The van der Waals surface area contributed by atoms with Crippen molar-refractivity contribution >= 4 is 5.91 Å². The smallest absolute Gasteiger partial charge is 0.260 e. The van der Waals surface area contributed by atoms with Gasteiger partial charge in [0.05, 0.1) is 6.20 Å². The van der Waals surface area contributed by atoms with E-state index >= 15 is 0 Å². The molecule has 1 fully saturated rings. The molecule has 1 atom stereocenters. The molecular weight excluding hydrogens is 280 g/mol. The van der Waals surface area contributed by atoms with Gasteiger partial charge in [-0.2, -0.15) is 5.10 Å². The molecule has 0 bridgehead atoms. The molecule has 2 aromatic rings. The SMILES string of the molecule is O=C(c1ccc[nH]c1=O)N1CCCC2(CCc3cn[nH]c32)C1. The van der Waals surface area contributed by atoms with E-state index in [0.717, 1.165) is 25.7 Å². The predicted octanol–water partition coefficient (Wildman–Crippen LogP) is 1.22. The van der Waals surface area contributed by atoms with Crippen LogP contribution in [0.5, 0.6) is 0 Å². The first-order valence-corrected chi connectivity index (χ1v) is 7.69. The number of carbonyl (C=O) groups excluding carboxylic acids is 1. The highest BCUT2D eigenvalue weighted by Gasteiger charge is 2.44. The van der Waals surface area contributed by atoms with Crippen LogP contribution in [-0.2, 0) is 11.8 Å². The average molecular weight is 298 g/mol. The number of amides is 1. The number of rotatable bonds is 1. The Bertz CT molecular complexity index is 778. The van der Waals surface area contributed by atoms with Crippen LogP contribution in [0, 0.1) is 0 Å². The van der Waals surface area contributed by atoms with Crippen LogP contribution in [0.25, 0.3) is 0 Å². The van der Waals surface area contributed by atoms with Gasteiger partial charge in [0, 0.05) is 30.4 Å². The number of fused-ring (bicyclic) bond motifs is 2. The van der Waals surface area contributed by atoms with Gasteiger partial charge in [0.25, 0.3) is 11.5 Å². The Morgan fingerprint density at radius 3 is 3.14 bits per heavy atom. The van der Waals surface area contributed by atoms with E-state index in [4.69, 9.17) is 0 Å². The van der Waals surface area contributed by atoms with Gasteiger partial charge in [0.15, 0.2) is 0 Å². The van der Waals surface area contributed by atoms with Crippen molar-refractivity contribution in [3.63, 3.8) is 0 Å². The third-order valence-corrected chi connectivity index (χ3v) is 5.03. The third-order valence-electron chi connectivity index (χ3n) is 5.03. The molecule has 0 aromatic carbocycles. The third kappa shape index (κ3) is 1.90. The van der Waals surface area contributed by atoms with Crippen LogP contribution in [0.2, 0.25) is 0 Å². The minimum atomic E-state index is -0.319. The lowest BCUT2D eigenvalue weighted by Gasteiger charge is -2.40. The molecule has 1 saturated heterocycles. The number of carbonyl (C=O) groups is 1. The van der Waals surface area contributed by atoms with Gasteiger partial charge in [-0.3, -0.25) is 14.7 Å². The number of aromatic amines is 2. The molecule has 2 aromatic heterocycles. The van der Waals surface area contributed by atoms with Gasteiger partial charge >= 0.3 is 0 Å². The van der Waals surface area contributed by atoms with Crippen LogP contribution in [0.4, 0.5) is 0 Å². The number of nitrogens with one attached hydrogen (secondary N) is 2. The van der Waals surface area contributed by atoms with Crippen molar-refractivity contribution in [2.24, 2.45) is 0 Å². The number of pyridine rings is 1. The summed E-state index contributed by atoms with van der Waals surface area (Å²) < 4.78 is 0. The molecule has 6 nitrogen and oxygen atoms in total. The summed E-state index contributed by atoms with van der Waals surface area (Å²) in [6, 6.07) is 3.29. The number of aromatic nitrogens is 3. The van der Waals surface area contributed by atoms with E-state index in [1.165, 1.54) is 11.3 Å². The molecule has 4 rings (SSSR count). The highest BCUT2D eigenvalue weighted by molar-refractivity contribution is 5.94. The van der Waals surface area contributed by atoms with Crippen molar-refractivity contribution < 1.29 is 4.79 Å². The second-order valence-electron chi connectivity index (χ2n) is 6.29. The van der Waals surface area contributed by atoms with Crippen molar-refractivity contribution in [2.45, 2.75) is 31.1 Å². The fraction of sp³-hybridized carbons (Fsp3) is 0.438. The number of nitrogens with zero attached hydrogens (tertiary/aromatic N) is 2. The fourth-order valence-electron chi connectivity index (χ4n) is 3.93. The van der Waals surface area contributed by atoms with Crippen molar-refractivity contribution in [1.82, 2.24) is 20.1 Å². The molecule has 1 aliphatic carbocycles. The fourth-order valence-corrected chi connectivity index (χ4v) is 3.93. The molecule has 114 valence electrons. The molecule has 1 aliphatic heterocycles. The van der Waals surface area contributed by atoms with E-state index in [-0.39, 0.29) is 22.4 Å². The van der Waals surface area contributed by atoms with Gasteiger partial charge in [-0.25, -0.2) is 0 Å². The first-order valence-electron chi connectivity index (χ1n) is 7.69. The van der Waals surface area contributed by atoms with Crippen LogP contribution in [0.1, 0.15) is 40.9 Å². The monoisotopic (exact) mass is 298 g/mol. The molecule has 0 radical (unpaired) electrons. The van der Waals surface area contributed by atoms with Crippen LogP contribution in [0.3, 0.4) is 0 Å². The Morgan fingerprint density at radius 2 is 2.27 bits per heavy atom. The van der Waals surface area contributed by atoms with Crippen LogP contribution >= 0.6 is 0 Å². The second-order valence-corrected chi connectivity index (χ2v) is 6.29. The lowest BCUT2D eigenvalue weighted by Crippen LogP contribution is -2.48. The summed E-state index contributed by atoms with van der Waals surface area (Å²) in [7, 11) is 0. The van der Waals surface area contributed by atoms with E-state index in [1.54, 1.807) is 18.3 Å². The summed E-state index contributed by atoms with van der Waals surface area (Å²) in [6.45, 7) is 1.37. The van der Waals surface area contributed by atoms with Gasteiger partial charge in [-0.05, 0) is 43.4 Å². The molecule has 22 heavy (non-hydrogen) atoms. The highest BCUT2D eigenvalue weighted by atomic mass is 16.2. The molecule has 1 spiro atoms. The summed E-state index contributed by atoms with van der Waals surface area (Å²) in [4.78, 5) is 28.9. The zero-order chi connectivity index (χ0) is 15.2. The zero-order valence-electron chi connectivity index (χ0n) is 12.3. The topological polar surface area (TPSA) is 81.8 Å². The van der Waals surface area contributed by atoms with Gasteiger partial charge in [-0.15, -0.1) is 0 Å². The molecule has 1 unspecified atom stereocenters. The van der Waals surface area contributed by atoms with Crippen molar-refractivity contribution in [3.8, 4) is 0 Å².